The Morgan fingerprint density at radius 2 is 1.94 bits per heavy atom. The Morgan fingerprint density at radius 3 is 2.74 bits per heavy atom. The highest BCUT2D eigenvalue weighted by atomic mass is 16.5. The van der Waals surface area contributed by atoms with Crippen molar-refractivity contribution < 1.29 is 19.7 Å². The number of ether oxygens (including phenoxy) is 1. The summed E-state index contributed by atoms with van der Waals surface area (Å²) in [6, 6.07) is 14.1. The van der Waals surface area contributed by atoms with Crippen molar-refractivity contribution in [2.75, 3.05) is 6.61 Å². The molecule has 3 rings (SSSR count). The van der Waals surface area contributed by atoms with Crippen molar-refractivity contribution in [2.45, 2.75) is 58.0 Å². The minimum absolute atomic E-state index is 0.00443. The number of unbranched alkanes of at least 4 members (excludes halogenated alkanes) is 3. The van der Waals surface area contributed by atoms with Crippen molar-refractivity contribution in [3.05, 3.63) is 48.0 Å². The lowest BCUT2D eigenvalue weighted by atomic mass is 10.0. The van der Waals surface area contributed by atoms with Crippen LogP contribution in [-0.4, -0.2) is 22.7 Å². The fourth-order valence-electron chi connectivity index (χ4n) is 3.47. The molecule has 0 saturated carbocycles. The number of carboxylic acid groups (broad SMARTS) is 1. The summed E-state index contributed by atoms with van der Waals surface area (Å²) in [6.45, 7) is 2.69. The van der Waals surface area contributed by atoms with Crippen LogP contribution in [0.5, 0.6) is 5.88 Å². The van der Waals surface area contributed by atoms with Crippen molar-refractivity contribution in [2.24, 2.45) is 0 Å². The minimum Gasteiger partial charge on any atom is -0.550 e. The van der Waals surface area contributed by atoms with Crippen molar-refractivity contribution in [3.63, 3.8) is 0 Å². The van der Waals surface area contributed by atoms with Gasteiger partial charge in [0.2, 0.25) is 5.88 Å². The van der Waals surface area contributed by atoms with E-state index in [-0.39, 0.29) is 12.8 Å². The van der Waals surface area contributed by atoms with Gasteiger partial charge in [-0.05, 0) is 30.7 Å². The fourth-order valence-corrected chi connectivity index (χ4v) is 3.47. The summed E-state index contributed by atoms with van der Waals surface area (Å²) in [5.41, 5.74) is 1.48. The van der Waals surface area contributed by atoms with Gasteiger partial charge >= 0.3 is 0 Å². The van der Waals surface area contributed by atoms with Gasteiger partial charge in [-0.3, -0.25) is 0 Å². The molecule has 0 spiro atoms. The maximum atomic E-state index is 10.8. The summed E-state index contributed by atoms with van der Waals surface area (Å²) >= 11 is 0. The Labute approximate surface area is 183 Å². The number of aliphatic hydroxyl groups excluding tert-OH is 1. The number of hydrogen-bond donors (Lipinski definition) is 1. The monoisotopic (exact) mass is 418 g/mol. The van der Waals surface area contributed by atoms with Crippen LogP contribution < -0.4 is 9.84 Å². The van der Waals surface area contributed by atoms with E-state index in [1.165, 1.54) is 0 Å². The summed E-state index contributed by atoms with van der Waals surface area (Å²) in [4.78, 5) is 15.3. The summed E-state index contributed by atoms with van der Waals surface area (Å²) in [5.74, 6) is 5.24. The van der Waals surface area contributed by atoms with E-state index in [4.69, 9.17) is 9.72 Å². The second kappa shape index (κ2) is 11.3. The quantitative estimate of drug-likeness (QED) is 0.301. The van der Waals surface area contributed by atoms with Gasteiger partial charge in [-0.2, -0.15) is 0 Å². The number of aliphatic hydroxyl groups is 1. The Kier molecular flexibility index (Phi) is 8.26. The first-order valence-electron chi connectivity index (χ1n) is 10.9. The van der Waals surface area contributed by atoms with Crippen molar-refractivity contribution >= 4 is 27.6 Å². The first-order valence-corrected chi connectivity index (χ1v) is 10.9. The highest BCUT2D eigenvalue weighted by Gasteiger charge is 2.17. The predicted molar refractivity (Wildman–Crippen MR) is 120 cm³/mol. The standard InChI is InChI=1S/C26H29NO4/c1-2-3-10-17-31-26-22(23(28)13-6-4-5-7-14-24(29)30)18-20-16-15-19-11-8-9-12-21(19)25(20)27-26/h8-9,11-12,15-16,18,23,28H,2-3,5,7,10,13-14,17H2,1H3,(H,29,30)/p-1. The molecule has 0 amide bonds. The van der Waals surface area contributed by atoms with Gasteiger partial charge in [-0.25, -0.2) is 4.98 Å². The van der Waals surface area contributed by atoms with Crippen LogP contribution in [0.4, 0.5) is 0 Å². The largest absolute Gasteiger partial charge is 0.550 e. The van der Waals surface area contributed by atoms with E-state index in [0.29, 0.717) is 30.9 Å². The number of pyridine rings is 1. The van der Waals surface area contributed by atoms with Crippen molar-refractivity contribution in [1.82, 2.24) is 4.98 Å². The first-order chi connectivity index (χ1) is 15.1. The molecule has 1 atom stereocenters. The number of carbonyl (C=O) groups is 1. The molecular weight excluding hydrogens is 390 g/mol. The molecule has 0 saturated heterocycles. The van der Waals surface area contributed by atoms with E-state index >= 15 is 0 Å². The Balaban J connectivity index is 1.85. The predicted octanol–water partition coefficient (Wildman–Crippen LogP) is 4.30. The molecule has 0 aliphatic rings. The smallest absolute Gasteiger partial charge is 0.219 e. The molecule has 5 heteroatoms. The van der Waals surface area contributed by atoms with E-state index in [0.717, 1.165) is 40.9 Å². The van der Waals surface area contributed by atoms with Gasteiger partial charge in [0, 0.05) is 35.1 Å². The molecule has 1 N–H and O–H groups in total. The average molecular weight is 419 g/mol. The number of nitrogens with zero attached hydrogens (tertiary/aromatic N) is 1. The summed E-state index contributed by atoms with van der Waals surface area (Å²) < 4.78 is 6.00. The van der Waals surface area contributed by atoms with Crippen LogP contribution in [0.3, 0.4) is 0 Å². The molecule has 5 nitrogen and oxygen atoms in total. The number of hydrogen-bond acceptors (Lipinski definition) is 5. The van der Waals surface area contributed by atoms with Crippen LogP contribution in [0.1, 0.15) is 63.5 Å². The van der Waals surface area contributed by atoms with Crippen LogP contribution in [0.2, 0.25) is 0 Å². The molecule has 0 fully saturated rings. The number of benzene rings is 2. The van der Waals surface area contributed by atoms with E-state index < -0.39 is 12.1 Å². The number of fused-ring (bicyclic) bond motifs is 3. The molecule has 1 aromatic heterocycles. The molecule has 0 radical (unpaired) electrons. The van der Waals surface area contributed by atoms with Crippen molar-refractivity contribution in [3.8, 4) is 17.7 Å². The van der Waals surface area contributed by atoms with E-state index in [9.17, 15) is 15.0 Å². The first kappa shape index (κ1) is 22.6. The van der Waals surface area contributed by atoms with E-state index in [1.54, 1.807) is 0 Å². The zero-order valence-electron chi connectivity index (χ0n) is 17.9. The molecule has 1 unspecified atom stereocenters. The third-order valence-electron chi connectivity index (χ3n) is 5.15. The Hall–Kier alpha value is -3.10. The zero-order chi connectivity index (χ0) is 22.1. The number of carboxylic acids is 1. The maximum Gasteiger partial charge on any atom is 0.219 e. The van der Waals surface area contributed by atoms with Gasteiger partial charge in [0.25, 0.3) is 0 Å². The number of aliphatic carboxylic acids is 1. The third kappa shape index (κ3) is 6.19. The Bertz CT molecular complexity index is 1100. The Morgan fingerprint density at radius 1 is 1.13 bits per heavy atom. The molecule has 0 aliphatic carbocycles. The second-order valence-corrected chi connectivity index (χ2v) is 7.60. The fraction of sp³-hybridized carbons (Fsp3) is 0.385. The molecule has 1 heterocycles. The lowest BCUT2D eigenvalue weighted by Gasteiger charge is -2.16. The van der Waals surface area contributed by atoms with Gasteiger partial charge in [0.1, 0.15) is 0 Å². The lowest BCUT2D eigenvalue weighted by Crippen LogP contribution is -2.21. The van der Waals surface area contributed by atoms with Crippen LogP contribution in [-0.2, 0) is 4.79 Å². The zero-order valence-corrected chi connectivity index (χ0v) is 17.9. The molecule has 162 valence electrons. The molecule has 3 aromatic rings. The number of rotatable bonds is 10. The van der Waals surface area contributed by atoms with E-state index in [1.807, 2.05) is 36.4 Å². The lowest BCUT2D eigenvalue weighted by molar-refractivity contribution is -0.305. The summed E-state index contributed by atoms with van der Waals surface area (Å²) in [5, 5.41) is 24.3. The molecule has 0 bridgehead atoms. The van der Waals surface area contributed by atoms with Crippen LogP contribution in [0, 0.1) is 11.8 Å². The van der Waals surface area contributed by atoms with E-state index in [2.05, 4.69) is 24.8 Å². The molecule has 0 aliphatic heterocycles. The highest BCUT2D eigenvalue weighted by molar-refractivity contribution is 6.05. The third-order valence-corrected chi connectivity index (χ3v) is 5.15. The van der Waals surface area contributed by atoms with Crippen molar-refractivity contribution in [1.29, 1.82) is 0 Å². The summed E-state index contributed by atoms with van der Waals surface area (Å²) in [6.07, 6.45) is 3.41. The molecular formula is C26H28NO4-. The molecule has 31 heavy (non-hydrogen) atoms. The number of carbonyl (C=O) groups excluding carboxylic acids is 1. The van der Waals surface area contributed by atoms with Crippen LogP contribution in [0.25, 0.3) is 21.7 Å². The topological polar surface area (TPSA) is 82.5 Å². The van der Waals surface area contributed by atoms with Gasteiger partial charge < -0.3 is 19.7 Å². The van der Waals surface area contributed by atoms with Gasteiger partial charge in [-0.1, -0.05) is 56.2 Å². The van der Waals surface area contributed by atoms with Gasteiger partial charge in [0.15, 0.2) is 0 Å². The van der Waals surface area contributed by atoms with Gasteiger partial charge in [-0.15, -0.1) is 11.8 Å². The molecule has 2 aromatic carbocycles. The maximum absolute atomic E-state index is 10.8. The minimum atomic E-state index is -1.07. The second-order valence-electron chi connectivity index (χ2n) is 7.60. The number of aromatic nitrogens is 1. The normalized spacial score (nSPS) is 11.8. The van der Waals surface area contributed by atoms with Gasteiger partial charge in [0.05, 0.1) is 18.2 Å². The summed E-state index contributed by atoms with van der Waals surface area (Å²) in [7, 11) is 0. The van der Waals surface area contributed by atoms with Crippen LogP contribution in [0.15, 0.2) is 42.5 Å². The average Bonchev–Trinajstić information content (AvgIpc) is 2.78. The SMILES string of the molecule is CCCCCOc1nc2c(ccc3ccccc32)cc1C(O)CC#CCCCC(=O)[O-]. The highest BCUT2D eigenvalue weighted by Crippen LogP contribution is 2.32. The van der Waals surface area contributed by atoms with Crippen LogP contribution >= 0.6 is 0 Å².